The molecule has 2 unspecified atom stereocenters. The molecule has 0 aromatic rings. The molecule has 2 nitrogen and oxygen atoms in total. The van der Waals surface area contributed by atoms with Crippen LogP contribution in [-0.4, -0.2) is 18.8 Å². The zero-order chi connectivity index (χ0) is 5.56. The van der Waals surface area contributed by atoms with Crippen molar-refractivity contribution in [2.24, 2.45) is 0 Å². The van der Waals surface area contributed by atoms with Crippen LogP contribution in [0.3, 0.4) is 0 Å². The highest BCUT2D eigenvalue weighted by Gasteiger charge is 2.37. The van der Waals surface area contributed by atoms with Gasteiger partial charge in [-0.25, -0.2) is 0 Å². The molecule has 0 bridgehead atoms. The summed E-state index contributed by atoms with van der Waals surface area (Å²) in [6, 6.07) is 0. The Morgan fingerprint density at radius 2 is 2.38 bits per heavy atom. The summed E-state index contributed by atoms with van der Waals surface area (Å²) in [5.74, 6) is 0.681. The SMILES string of the molecule is [CH]=C1OC1CC1CO1. The van der Waals surface area contributed by atoms with Gasteiger partial charge in [-0.15, -0.1) is 0 Å². The van der Waals surface area contributed by atoms with E-state index in [0.717, 1.165) is 13.0 Å². The lowest BCUT2D eigenvalue weighted by atomic mass is 10.2. The first-order chi connectivity index (χ1) is 3.86. The normalized spacial score (nSPS) is 41.2. The van der Waals surface area contributed by atoms with Crippen molar-refractivity contribution in [1.82, 2.24) is 0 Å². The third-order valence-corrected chi connectivity index (χ3v) is 1.42. The Labute approximate surface area is 48.1 Å². The lowest BCUT2D eigenvalue weighted by Gasteiger charge is -1.79. The van der Waals surface area contributed by atoms with Gasteiger partial charge in [0, 0.05) is 6.42 Å². The zero-order valence-electron chi connectivity index (χ0n) is 4.46. The fraction of sp³-hybridized carbons (Fsp3) is 0.667. The standard InChI is InChI=1S/C6H7O2/c1-4-6(8-4)2-5-3-7-5/h1,5-6H,2-3H2. The van der Waals surface area contributed by atoms with Crippen LogP contribution in [-0.2, 0) is 9.47 Å². The Balaban J connectivity index is 1.76. The summed E-state index contributed by atoms with van der Waals surface area (Å²) < 4.78 is 9.84. The van der Waals surface area contributed by atoms with Crippen molar-refractivity contribution in [1.29, 1.82) is 0 Å². The molecular weight excluding hydrogens is 104 g/mol. The average Bonchev–Trinajstić information content (AvgIpc) is 2.52. The maximum Gasteiger partial charge on any atom is 0.158 e. The molecule has 0 N–H and O–H groups in total. The third-order valence-electron chi connectivity index (χ3n) is 1.42. The molecule has 0 aromatic heterocycles. The predicted molar refractivity (Wildman–Crippen MR) is 27.0 cm³/mol. The second kappa shape index (κ2) is 1.26. The van der Waals surface area contributed by atoms with Crippen LogP contribution < -0.4 is 0 Å². The Bertz CT molecular complexity index is 126. The van der Waals surface area contributed by atoms with Gasteiger partial charge in [-0.05, 0) is 6.58 Å². The largest absolute Gasteiger partial charge is 0.483 e. The molecule has 2 rings (SSSR count). The van der Waals surface area contributed by atoms with E-state index < -0.39 is 0 Å². The van der Waals surface area contributed by atoms with E-state index in [4.69, 9.17) is 16.1 Å². The Morgan fingerprint density at radius 1 is 1.75 bits per heavy atom. The number of hydrogen-bond acceptors (Lipinski definition) is 2. The highest BCUT2D eigenvalue weighted by Crippen LogP contribution is 2.32. The van der Waals surface area contributed by atoms with Gasteiger partial charge < -0.3 is 9.47 Å². The molecule has 2 heterocycles. The number of epoxide rings is 2. The molecule has 43 valence electrons. The van der Waals surface area contributed by atoms with E-state index in [1.807, 2.05) is 0 Å². The third kappa shape index (κ3) is 0.713. The van der Waals surface area contributed by atoms with Crippen LogP contribution in [0.4, 0.5) is 0 Å². The topological polar surface area (TPSA) is 25.1 Å². The summed E-state index contributed by atoms with van der Waals surface area (Å²) in [7, 11) is 0. The van der Waals surface area contributed by atoms with E-state index >= 15 is 0 Å². The summed E-state index contributed by atoms with van der Waals surface area (Å²) in [4.78, 5) is 0. The van der Waals surface area contributed by atoms with Gasteiger partial charge in [0.05, 0.1) is 12.7 Å². The van der Waals surface area contributed by atoms with Crippen LogP contribution in [0.2, 0.25) is 0 Å². The number of ether oxygens (including phenoxy) is 2. The first kappa shape index (κ1) is 4.39. The van der Waals surface area contributed by atoms with Gasteiger partial charge in [0.15, 0.2) is 6.10 Å². The molecule has 0 spiro atoms. The van der Waals surface area contributed by atoms with Crippen LogP contribution in [0.1, 0.15) is 6.42 Å². The second-order valence-corrected chi connectivity index (χ2v) is 2.20. The molecule has 2 aliphatic rings. The first-order valence-electron chi connectivity index (χ1n) is 2.77. The van der Waals surface area contributed by atoms with Crippen molar-refractivity contribution in [2.45, 2.75) is 18.6 Å². The quantitative estimate of drug-likeness (QED) is 0.484. The minimum absolute atomic E-state index is 0.225. The maximum absolute atomic E-state index is 5.28. The molecule has 0 aliphatic carbocycles. The van der Waals surface area contributed by atoms with Crippen molar-refractivity contribution < 1.29 is 9.47 Å². The number of rotatable bonds is 2. The second-order valence-electron chi connectivity index (χ2n) is 2.20. The van der Waals surface area contributed by atoms with Gasteiger partial charge in [-0.2, -0.15) is 0 Å². The molecule has 1 radical (unpaired) electrons. The summed E-state index contributed by atoms with van der Waals surface area (Å²) in [5, 5.41) is 0. The van der Waals surface area contributed by atoms with Crippen LogP contribution in [0, 0.1) is 6.58 Å². The minimum Gasteiger partial charge on any atom is -0.483 e. The predicted octanol–water partition coefficient (Wildman–Crippen LogP) is 0.491. The van der Waals surface area contributed by atoms with E-state index in [-0.39, 0.29) is 6.10 Å². The maximum atomic E-state index is 5.28. The molecule has 0 aromatic carbocycles. The fourth-order valence-electron chi connectivity index (χ4n) is 0.737. The van der Waals surface area contributed by atoms with Crippen LogP contribution >= 0.6 is 0 Å². The summed E-state index contributed by atoms with van der Waals surface area (Å²) >= 11 is 0. The average molecular weight is 111 g/mol. The van der Waals surface area contributed by atoms with Crippen molar-refractivity contribution in [3.8, 4) is 0 Å². The molecule has 2 aliphatic heterocycles. The smallest absolute Gasteiger partial charge is 0.158 e. The van der Waals surface area contributed by atoms with E-state index in [9.17, 15) is 0 Å². The molecule has 8 heavy (non-hydrogen) atoms. The van der Waals surface area contributed by atoms with Crippen LogP contribution in [0.25, 0.3) is 0 Å². The summed E-state index contributed by atoms with van der Waals surface area (Å²) in [6.45, 7) is 6.18. The van der Waals surface area contributed by atoms with Crippen molar-refractivity contribution in [3.63, 3.8) is 0 Å². The van der Waals surface area contributed by atoms with E-state index in [1.165, 1.54) is 0 Å². The molecule has 2 saturated heterocycles. The fourth-order valence-corrected chi connectivity index (χ4v) is 0.737. The van der Waals surface area contributed by atoms with Gasteiger partial charge in [0.2, 0.25) is 0 Å². The lowest BCUT2D eigenvalue weighted by Crippen LogP contribution is -1.90. The molecule has 0 saturated carbocycles. The monoisotopic (exact) mass is 111 g/mol. The molecule has 0 amide bonds. The summed E-state index contributed by atoms with van der Waals surface area (Å²) in [6.07, 6.45) is 1.63. The number of hydrogen-bond donors (Lipinski definition) is 0. The van der Waals surface area contributed by atoms with Crippen LogP contribution in [0.5, 0.6) is 0 Å². The minimum atomic E-state index is 0.225. The lowest BCUT2D eigenvalue weighted by molar-refractivity contribution is 0.348. The van der Waals surface area contributed by atoms with E-state index in [1.54, 1.807) is 0 Å². The Hall–Kier alpha value is -0.500. The van der Waals surface area contributed by atoms with Crippen molar-refractivity contribution in [2.75, 3.05) is 6.61 Å². The Kier molecular flexibility index (Phi) is 0.690. The van der Waals surface area contributed by atoms with Gasteiger partial charge in [-0.1, -0.05) is 0 Å². The van der Waals surface area contributed by atoms with Gasteiger partial charge in [0.25, 0.3) is 0 Å². The zero-order valence-corrected chi connectivity index (χ0v) is 4.46. The highest BCUT2D eigenvalue weighted by molar-refractivity contribution is 5.07. The van der Waals surface area contributed by atoms with Crippen LogP contribution in [0.15, 0.2) is 5.76 Å². The molecule has 2 fully saturated rings. The first-order valence-corrected chi connectivity index (χ1v) is 2.77. The van der Waals surface area contributed by atoms with Gasteiger partial charge in [0.1, 0.15) is 5.76 Å². The van der Waals surface area contributed by atoms with E-state index in [2.05, 4.69) is 0 Å². The molecule has 2 heteroatoms. The van der Waals surface area contributed by atoms with Crippen molar-refractivity contribution >= 4 is 0 Å². The van der Waals surface area contributed by atoms with Gasteiger partial charge >= 0.3 is 0 Å². The van der Waals surface area contributed by atoms with E-state index in [0.29, 0.717) is 11.9 Å². The summed E-state index contributed by atoms with van der Waals surface area (Å²) in [5.41, 5.74) is 0. The van der Waals surface area contributed by atoms with Gasteiger partial charge in [-0.3, -0.25) is 0 Å². The molecular formula is C6H7O2. The highest BCUT2D eigenvalue weighted by atomic mass is 16.6. The Morgan fingerprint density at radius 3 is 2.75 bits per heavy atom. The van der Waals surface area contributed by atoms with Crippen molar-refractivity contribution in [3.05, 3.63) is 12.3 Å². The molecule has 2 atom stereocenters.